The van der Waals surface area contributed by atoms with Crippen LogP contribution in [0.25, 0.3) is 0 Å². The van der Waals surface area contributed by atoms with Gasteiger partial charge in [-0.05, 0) is 12.1 Å². The number of furan rings is 1. The third-order valence-corrected chi connectivity index (χ3v) is 5.54. The summed E-state index contributed by atoms with van der Waals surface area (Å²) >= 11 is 1.75. The second-order valence-electron chi connectivity index (χ2n) is 6.27. The third-order valence-electron chi connectivity index (χ3n) is 4.59. The standard InChI is InChI=1S/C16H17F3N4O2S/c17-16(18,19)13-8-10(12-2-1-5-25-12)20-14-9-11(21-23(13)14)15(24)22-3-6-26-7-4-22/h1-2,5,9-10,13,20H,3-4,6-8H2/t10-,13+/m0/s1. The largest absolute Gasteiger partial charge is 0.467 e. The number of aromatic nitrogens is 2. The summed E-state index contributed by atoms with van der Waals surface area (Å²) in [5.41, 5.74) is 0.0359. The summed E-state index contributed by atoms with van der Waals surface area (Å²) < 4.78 is 46.9. The van der Waals surface area contributed by atoms with E-state index < -0.39 is 18.3 Å². The number of anilines is 1. The zero-order valence-corrected chi connectivity index (χ0v) is 14.5. The summed E-state index contributed by atoms with van der Waals surface area (Å²) in [6.07, 6.45) is -3.30. The van der Waals surface area contributed by atoms with Gasteiger partial charge in [0.2, 0.25) is 0 Å². The topological polar surface area (TPSA) is 63.3 Å². The minimum atomic E-state index is -4.48. The molecule has 0 aliphatic carbocycles. The summed E-state index contributed by atoms with van der Waals surface area (Å²) in [7, 11) is 0. The number of carbonyl (C=O) groups excluding carboxylic acids is 1. The van der Waals surface area contributed by atoms with E-state index in [1.165, 1.54) is 12.3 Å². The first-order chi connectivity index (χ1) is 12.4. The number of rotatable bonds is 2. The van der Waals surface area contributed by atoms with Crippen molar-refractivity contribution in [2.24, 2.45) is 0 Å². The molecule has 2 atom stereocenters. The van der Waals surface area contributed by atoms with E-state index in [2.05, 4.69) is 10.4 Å². The predicted octanol–water partition coefficient (Wildman–Crippen LogP) is 3.33. The molecule has 4 rings (SSSR count). The van der Waals surface area contributed by atoms with Gasteiger partial charge in [0.05, 0.1) is 12.3 Å². The molecular weight excluding hydrogens is 369 g/mol. The molecule has 1 fully saturated rings. The molecule has 10 heteroatoms. The Labute approximate surface area is 151 Å². The molecule has 0 saturated carbocycles. The van der Waals surface area contributed by atoms with Crippen LogP contribution in [0.2, 0.25) is 0 Å². The number of amides is 1. The molecule has 4 heterocycles. The number of halogens is 3. The van der Waals surface area contributed by atoms with Gasteiger partial charge in [-0.15, -0.1) is 0 Å². The molecule has 1 saturated heterocycles. The van der Waals surface area contributed by atoms with E-state index in [1.54, 1.807) is 28.8 Å². The Hall–Kier alpha value is -2.10. The molecule has 2 aromatic rings. The summed E-state index contributed by atoms with van der Waals surface area (Å²) in [4.78, 5) is 14.2. The predicted molar refractivity (Wildman–Crippen MR) is 90.2 cm³/mol. The molecule has 6 nitrogen and oxygen atoms in total. The molecule has 0 radical (unpaired) electrons. The van der Waals surface area contributed by atoms with Crippen molar-refractivity contribution in [3.05, 3.63) is 35.9 Å². The van der Waals surface area contributed by atoms with Crippen LogP contribution in [0.15, 0.2) is 28.9 Å². The van der Waals surface area contributed by atoms with Crippen LogP contribution in [0.3, 0.4) is 0 Å². The lowest BCUT2D eigenvalue weighted by atomic mass is 10.0. The van der Waals surface area contributed by atoms with Crippen molar-refractivity contribution in [1.82, 2.24) is 14.7 Å². The average molecular weight is 386 g/mol. The van der Waals surface area contributed by atoms with Crippen molar-refractivity contribution < 1.29 is 22.4 Å². The highest BCUT2D eigenvalue weighted by atomic mass is 32.2. The Morgan fingerprint density at radius 2 is 2.12 bits per heavy atom. The van der Waals surface area contributed by atoms with Crippen molar-refractivity contribution in [3.63, 3.8) is 0 Å². The second kappa shape index (κ2) is 6.57. The quantitative estimate of drug-likeness (QED) is 0.858. The molecule has 0 unspecified atom stereocenters. The van der Waals surface area contributed by atoms with Crippen molar-refractivity contribution in [2.45, 2.75) is 24.7 Å². The molecule has 2 aliphatic rings. The first kappa shape index (κ1) is 17.3. The average Bonchev–Trinajstić information content (AvgIpc) is 3.29. The van der Waals surface area contributed by atoms with Crippen molar-refractivity contribution in [3.8, 4) is 0 Å². The highest BCUT2D eigenvalue weighted by molar-refractivity contribution is 7.99. The van der Waals surface area contributed by atoms with Crippen LogP contribution in [0.4, 0.5) is 19.0 Å². The maximum absolute atomic E-state index is 13.6. The summed E-state index contributed by atoms with van der Waals surface area (Å²) in [5, 5.41) is 7.01. The van der Waals surface area contributed by atoms with Gasteiger partial charge in [-0.2, -0.15) is 30.0 Å². The Morgan fingerprint density at radius 1 is 1.35 bits per heavy atom. The van der Waals surface area contributed by atoms with E-state index >= 15 is 0 Å². The SMILES string of the molecule is O=C(c1cc2n(n1)[C@@H](C(F)(F)F)C[C@@H](c1ccco1)N2)N1CCSCC1. The molecule has 0 aromatic carbocycles. The number of nitrogens with one attached hydrogen (secondary N) is 1. The minimum Gasteiger partial charge on any atom is -0.467 e. The summed E-state index contributed by atoms with van der Waals surface area (Å²) in [5.74, 6) is 1.92. The van der Waals surface area contributed by atoms with Crippen LogP contribution < -0.4 is 5.32 Å². The number of alkyl halides is 3. The van der Waals surface area contributed by atoms with Gasteiger partial charge in [0.25, 0.3) is 5.91 Å². The highest BCUT2D eigenvalue weighted by Gasteiger charge is 2.47. The van der Waals surface area contributed by atoms with E-state index in [-0.39, 0.29) is 23.8 Å². The lowest BCUT2D eigenvalue weighted by Crippen LogP contribution is -2.38. The molecule has 0 bridgehead atoms. The maximum atomic E-state index is 13.6. The van der Waals surface area contributed by atoms with Gasteiger partial charge in [0, 0.05) is 37.1 Å². The first-order valence-corrected chi connectivity index (χ1v) is 9.42. The zero-order chi connectivity index (χ0) is 18.3. The molecule has 26 heavy (non-hydrogen) atoms. The zero-order valence-electron chi connectivity index (χ0n) is 13.7. The fourth-order valence-corrected chi connectivity index (χ4v) is 4.19. The van der Waals surface area contributed by atoms with Crippen molar-refractivity contribution >= 4 is 23.5 Å². The normalized spacial score (nSPS) is 23.4. The molecule has 0 spiro atoms. The number of thioether (sulfide) groups is 1. The van der Waals surface area contributed by atoms with Gasteiger partial charge >= 0.3 is 6.18 Å². The Balaban J connectivity index is 1.66. The van der Waals surface area contributed by atoms with E-state index in [0.29, 0.717) is 18.8 Å². The molecule has 2 aliphatic heterocycles. The van der Waals surface area contributed by atoms with Gasteiger partial charge in [-0.1, -0.05) is 0 Å². The maximum Gasteiger partial charge on any atom is 0.410 e. The monoisotopic (exact) mass is 386 g/mol. The van der Waals surface area contributed by atoms with E-state index in [4.69, 9.17) is 4.42 Å². The van der Waals surface area contributed by atoms with Crippen LogP contribution in [0.1, 0.15) is 34.8 Å². The number of hydrogen-bond acceptors (Lipinski definition) is 5. The van der Waals surface area contributed by atoms with Crippen LogP contribution >= 0.6 is 11.8 Å². The Kier molecular flexibility index (Phi) is 4.37. The van der Waals surface area contributed by atoms with E-state index in [1.807, 2.05) is 0 Å². The van der Waals surface area contributed by atoms with Crippen LogP contribution in [0, 0.1) is 0 Å². The van der Waals surface area contributed by atoms with E-state index in [0.717, 1.165) is 16.2 Å². The second-order valence-corrected chi connectivity index (χ2v) is 7.49. The molecule has 1 amide bonds. The van der Waals surface area contributed by atoms with Gasteiger partial charge in [0.1, 0.15) is 11.6 Å². The molecule has 2 aromatic heterocycles. The lowest BCUT2D eigenvalue weighted by Gasteiger charge is -2.32. The molecule has 140 valence electrons. The van der Waals surface area contributed by atoms with Crippen molar-refractivity contribution in [2.75, 3.05) is 29.9 Å². The van der Waals surface area contributed by atoms with Gasteiger partial charge in [0.15, 0.2) is 11.7 Å². The smallest absolute Gasteiger partial charge is 0.410 e. The van der Waals surface area contributed by atoms with Gasteiger partial charge < -0.3 is 14.6 Å². The minimum absolute atomic E-state index is 0.0359. The summed E-state index contributed by atoms with van der Waals surface area (Å²) in [6.45, 7) is 1.16. The third kappa shape index (κ3) is 3.17. The van der Waals surface area contributed by atoms with Crippen LogP contribution in [-0.2, 0) is 0 Å². The number of hydrogen-bond donors (Lipinski definition) is 1. The van der Waals surface area contributed by atoms with Gasteiger partial charge in [-0.25, -0.2) is 4.68 Å². The van der Waals surface area contributed by atoms with Gasteiger partial charge in [-0.3, -0.25) is 4.79 Å². The number of fused-ring (bicyclic) bond motifs is 1. The number of carbonyl (C=O) groups is 1. The molecule has 1 N–H and O–H groups in total. The fourth-order valence-electron chi connectivity index (χ4n) is 3.28. The first-order valence-electron chi connectivity index (χ1n) is 8.26. The Morgan fingerprint density at radius 3 is 2.77 bits per heavy atom. The number of nitrogens with zero attached hydrogens (tertiary/aromatic N) is 3. The molecular formula is C16H17F3N4O2S. The Bertz CT molecular complexity index is 784. The fraction of sp³-hybridized carbons (Fsp3) is 0.500. The lowest BCUT2D eigenvalue weighted by molar-refractivity contribution is -0.174. The van der Waals surface area contributed by atoms with Crippen LogP contribution in [-0.4, -0.2) is 51.4 Å². The van der Waals surface area contributed by atoms with Crippen LogP contribution in [0.5, 0.6) is 0 Å². The summed E-state index contributed by atoms with van der Waals surface area (Å²) in [6, 6.07) is 2.23. The highest BCUT2D eigenvalue weighted by Crippen LogP contribution is 2.43. The van der Waals surface area contributed by atoms with E-state index in [9.17, 15) is 18.0 Å². The van der Waals surface area contributed by atoms with Crippen molar-refractivity contribution in [1.29, 1.82) is 0 Å².